The number of rotatable bonds is 4. The lowest BCUT2D eigenvalue weighted by molar-refractivity contribution is -0.147. The van der Waals surface area contributed by atoms with Gasteiger partial charge in [-0.1, -0.05) is 12.2 Å². The summed E-state index contributed by atoms with van der Waals surface area (Å²) in [4.78, 5) is 23.0. The highest BCUT2D eigenvalue weighted by atomic mass is 16.4. The maximum Gasteiger partial charge on any atom is 0.307 e. The SMILES string of the molecule is O=C(NCc1ccn[nH]1)[C@H]1CC=CC[C@H]1C(=O)O. The van der Waals surface area contributed by atoms with Crippen LogP contribution in [0.2, 0.25) is 0 Å². The number of carbonyl (C=O) groups is 2. The molecule has 0 saturated carbocycles. The van der Waals surface area contributed by atoms with Crippen LogP contribution in [-0.2, 0) is 16.1 Å². The summed E-state index contributed by atoms with van der Waals surface area (Å²) in [5.74, 6) is -2.26. The Morgan fingerprint density at radius 3 is 2.72 bits per heavy atom. The van der Waals surface area contributed by atoms with Crippen LogP contribution in [0.15, 0.2) is 24.4 Å². The number of hydrogen-bond acceptors (Lipinski definition) is 3. The molecule has 2 rings (SSSR count). The zero-order valence-corrected chi connectivity index (χ0v) is 9.80. The normalized spacial score (nSPS) is 22.7. The molecule has 2 atom stereocenters. The van der Waals surface area contributed by atoms with E-state index >= 15 is 0 Å². The summed E-state index contributed by atoms with van der Waals surface area (Å²) in [7, 11) is 0. The van der Waals surface area contributed by atoms with Crippen molar-refractivity contribution in [2.24, 2.45) is 11.8 Å². The second-order valence-electron chi connectivity index (χ2n) is 4.29. The fourth-order valence-electron chi connectivity index (χ4n) is 2.07. The Morgan fingerprint density at radius 2 is 2.11 bits per heavy atom. The first kappa shape index (κ1) is 12.3. The van der Waals surface area contributed by atoms with Gasteiger partial charge in [-0.25, -0.2) is 0 Å². The van der Waals surface area contributed by atoms with Crippen LogP contribution in [0, 0.1) is 11.8 Å². The van der Waals surface area contributed by atoms with Gasteiger partial charge in [0.05, 0.1) is 24.1 Å². The average molecular weight is 249 g/mol. The van der Waals surface area contributed by atoms with Crippen LogP contribution in [0.3, 0.4) is 0 Å². The molecular formula is C12H15N3O3. The van der Waals surface area contributed by atoms with E-state index in [1.54, 1.807) is 12.3 Å². The predicted molar refractivity (Wildman–Crippen MR) is 63.4 cm³/mol. The van der Waals surface area contributed by atoms with E-state index in [2.05, 4.69) is 15.5 Å². The zero-order valence-electron chi connectivity index (χ0n) is 9.80. The minimum atomic E-state index is -0.916. The minimum absolute atomic E-state index is 0.221. The van der Waals surface area contributed by atoms with E-state index in [1.165, 1.54) is 0 Å². The molecule has 1 amide bonds. The number of carbonyl (C=O) groups excluding carboxylic acids is 1. The van der Waals surface area contributed by atoms with Crippen molar-refractivity contribution in [2.45, 2.75) is 19.4 Å². The molecule has 0 aromatic carbocycles. The van der Waals surface area contributed by atoms with Crippen molar-refractivity contribution in [1.82, 2.24) is 15.5 Å². The van der Waals surface area contributed by atoms with Gasteiger partial charge in [-0.15, -0.1) is 0 Å². The highest BCUT2D eigenvalue weighted by molar-refractivity contribution is 5.85. The number of aliphatic carboxylic acids is 1. The van der Waals surface area contributed by atoms with Gasteiger partial charge in [0.2, 0.25) is 5.91 Å². The first-order chi connectivity index (χ1) is 8.68. The fraction of sp³-hybridized carbons (Fsp3) is 0.417. The molecule has 3 N–H and O–H groups in total. The van der Waals surface area contributed by atoms with Gasteiger partial charge in [-0.3, -0.25) is 14.7 Å². The summed E-state index contributed by atoms with van der Waals surface area (Å²) < 4.78 is 0. The number of H-pyrrole nitrogens is 1. The predicted octanol–water partition coefficient (Wildman–Crippen LogP) is 0.693. The molecule has 96 valence electrons. The molecule has 1 aromatic heterocycles. The molecule has 0 fully saturated rings. The first-order valence-electron chi connectivity index (χ1n) is 5.82. The van der Waals surface area contributed by atoms with Crippen LogP contribution >= 0.6 is 0 Å². The molecule has 1 aliphatic carbocycles. The smallest absolute Gasteiger partial charge is 0.307 e. The lowest BCUT2D eigenvalue weighted by Crippen LogP contribution is -2.38. The number of allylic oxidation sites excluding steroid dienone is 2. The second kappa shape index (κ2) is 5.48. The van der Waals surface area contributed by atoms with Crippen molar-refractivity contribution < 1.29 is 14.7 Å². The van der Waals surface area contributed by atoms with Gasteiger partial charge in [0.1, 0.15) is 0 Å². The zero-order chi connectivity index (χ0) is 13.0. The number of amides is 1. The highest BCUT2D eigenvalue weighted by Gasteiger charge is 2.33. The Morgan fingerprint density at radius 1 is 1.39 bits per heavy atom. The number of aromatic nitrogens is 2. The van der Waals surface area contributed by atoms with Crippen molar-refractivity contribution in [3.05, 3.63) is 30.1 Å². The molecule has 1 aliphatic rings. The Bertz CT molecular complexity index is 453. The average Bonchev–Trinajstić information content (AvgIpc) is 2.89. The number of aromatic amines is 1. The molecule has 0 saturated heterocycles. The van der Waals surface area contributed by atoms with E-state index < -0.39 is 17.8 Å². The Labute approximate surface area is 104 Å². The number of nitrogens with one attached hydrogen (secondary N) is 2. The standard InChI is InChI=1S/C12H15N3O3/c16-11(13-7-8-5-6-14-15-8)9-3-1-2-4-10(9)12(17)18/h1-2,5-6,9-10H,3-4,7H2,(H,13,16)(H,14,15)(H,17,18)/t9-,10+/m0/s1. The van der Waals surface area contributed by atoms with Crippen molar-refractivity contribution >= 4 is 11.9 Å². The molecule has 6 nitrogen and oxygen atoms in total. The number of carboxylic acid groups (broad SMARTS) is 1. The summed E-state index contributed by atoms with van der Waals surface area (Å²) in [5.41, 5.74) is 0.793. The first-order valence-corrected chi connectivity index (χ1v) is 5.82. The van der Waals surface area contributed by atoms with Gasteiger partial charge in [0.15, 0.2) is 0 Å². The Balaban J connectivity index is 1.94. The quantitative estimate of drug-likeness (QED) is 0.684. The van der Waals surface area contributed by atoms with Crippen molar-refractivity contribution in [3.63, 3.8) is 0 Å². The van der Waals surface area contributed by atoms with Crippen molar-refractivity contribution in [2.75, 3.05) is 0 Å². The topological polar surface area (TPSA) is 95.1 Å². The highest BCUT2D eigenvalue weighted by Crippen LogP contribution is 2.26. The van der Waals surface area contributed by atoms with E-state index in [9.17, 15) is 9.59 Å². The van der Waals surface area contributed by atoms with E-state index in [0.29, 0.717) is 19.4 Å². The molecule has 0 bridgehead atoms. The van der Waals surface area contributed by atoms with E-state index in [-0.39, 0.29) is 5.91 Å². The molecule has 0 aliphatic heterocycles. The van der Waals surface area contributed by atoms with Gasteiger partial charge >= 0.3 is 5.97 Å². The van der Waals surface area contributed by atoms with E-state index in [1.807, 2.05) is 12.2 Å². The van der Waals surface area contributed by atoms with Gasteiger partial charge in [0, 0.05) is 6.20 Å². The Kier molecular flexibility index (Phi) is 3.76. The summed E-state index contributed by atoms with van der Waals surface area (Å²) in [6.07, 6.45) is 6.17. The molecule has 1 aromatic rings. The Hall–Kier alpha value is -2.11. The van der Waals surface area contributed by atoms with Crippen molar-refractivity contribution in [1.29, 1.82) is 0 Å². The monoisotopic (exact) mass is 249 g/mol. The van der Waals surface area contributed by atoms with Gasteiger partial charge in [-0.2, -0.15) is 5.10 Å². The minimum Gasteiger partial charge on any atom is -0.481 e. The summed E-state index contributed by atoms with van der Waals surface area (Å²) in [5, 5.41) is 18.3. The summed E-state index contributed by atoms with van der Waals surface area (Å²) in [6.45, 7) is 0.339. The molecule has 0 unspecified atom stereocenters. The van der Waals surface area contributed by atoms with E-state index in [0.717, 1.165) is 5.69 Å². The molecule has 18 heavy (non-hydrogen) atoms. The third-order valence-corrected chi connectivity index (χ3v) is 3.10. The largest absolute Gasteiger partial charge is 0.481 e. The van der Waals surface area contributed by atoms with Crippen LogP contribution in [0.4, 0.5) is 0 Å². The van der Waals surface area contributed by atoms with Crippen LogP contribution in [0.5, 0.6) is 0 Å². The van der Waals surface area contributed by atoms with Gasteiger partial charge < -0.3 is 10.4 Å². The molecule has 6 heteroatoms. The number of hydrogen-bond donors (Lipinski definition) is 3. The molecular weight excluding hydrogens is 234 g/mol. The molecule has 0 spiro atoms. The summed E-state index contributed by atoms with van der Waals surface area (Å²) >= 11 is 0. The number of carboxylic acids is 1. The van der Waals surface area contributed by atoms with Gasteiger partial charge in [-0.05, 0) is 18.9 Å². The lowest BCUT2D eigenvalue weighted by Gasteiger charge is -2.24. The van der Waals surface area contributed by atoms with Crippen LogP contribution in [-0.4, -0.2) is 27.2 Å². The van der Waals surface area contributed by atoms with E-state index in [4.69, 9.17) is 5.11 Å². The maximum absolute atomic E-state index is 12.0. The van der Waals surface area contributed by atoms with Crippen molar-refractivity contribution in [3.8, 4) is 0 Å². The summed E-state index contributed by atoms with van der Waals surface area (Å²) in [6, 6.07) is 1.76. The third-order valence-electron chi connectivity index (χ3n) is 3.10. The van der Waals surface area contributed by atoms with Crippen LogP contribution in [0.1, 0.15) is 18.5 Å². The maximum atomic E-state index is 12.0. The fourth-order valence-corrected chi connectivity index (χ4v) is 2.07. The van der Waals surface area contributed by atoms with Crippen LogP contribution < -0.4 is 5.32 Å². The van der Waals surface area contributed by atoms with Gasteiger partial charge in [0.25, 0.3) is 0 Å². The molecule has 1 heterocycles. The number of nitrogens with zero attached hydrogens (tertiary/aromatic N) is 1. The third kappa shape index (κ3) is 2.77. The van der Waals surface area contributed by atoms with Crippen LogP contribution in [0.25, 0.3) is 0 Å². The molecule has 0 radical (unpaired) electrons. The second-order valence-corrected chi connectivity index (χ2v) is 4.29. The lowest BCUT2D eigenvalue weighted by atomic mass is 9.82.